The largest absolute Gasteiger partial charge is 0.323 e. The van der Waals surface area contributed by atoms with Crippen molar-refractivity contribution >= 4 is 12.2 Å². The van der Waals surface area contributed by atoms with E-state index in [0.29, 0.717) is 6.04 Å². The van der Waals surface area contributed by atoms with Crippen molar-refractivity contribution in [1.82, 2.24) is 4.68 Å². The second-order valence-corrected chi connectivity index (χ2v) is 4.02. The molecule has 1 aliphatic carbocycles. The smallest absolute Gasteiger partial charge is 0.0424 e. The number of nitrogens with one attached hydrogen (secondary N) is 1. The molecule has 1 heterocycles. The molecular formula is C10H14N2S. The highest BCUT2D eigenvalue weighted by atomic mass is 32.1. The quantitative estimate of drug-likeness (QED) is 0.729. The number of aromatic nitrogens is 1. The molecule has 13 heavy (non-hydrogen) atoms. The van der Waals surface area contributed by atoms with Gasteiger partial charge in [-0.2, -0.15) is 0 Å². The fourth-order valence-corrected chi connectivity index (χ4v) is 1.89. The van der Waals surface area contributed by atoms with E-state index in [1.807, 2.05) is 29.2 Å². The first-order valence-corrected chi connectivity index (χ1v) is 5.20. The van der Waals surface area contributed by atoms with E-state index in [1.165, 1.54) is 25.7 Å². The van der Waals surface area contributed by atoms with Gasteiger partial charge in [0.15, 0.2) is 0 Å². The van der Waals surface area contributed by atoms with E-state index in [9.17, 15) is 0 Å². The van der Waals surface area contributed by atoms with Gasteiger partial charge in [-0.3, -0.25) is 4.68 Å². The maximum Gasteiger partial charge on any atom is 0.0424 e. The van der Waals surface area contributed by atoms with E-state index in [-0.39, 0.29) is 0 Å². The second-order valence-electron chi connectivity index (χ2n) is 3.55. The zero-order chi connectivity index (χ0) is 9.10. The molecule has 1 fully saturated rings. The highest BCUT2D eigenvalue weighted by Gasteiger charge is 2.13. The molecule has 0 aliphatic heterocycles. The standard InChI is InChI=1S/C10H14N2S/c13-10-5-7-12(8-6-10)11-9-3-1-2-4-9/h5-9,11H,1-4H2. The predicted octanol–water partition coefficient (Wildman–Crippen LogP) is 2.70. The van der Waals surface area contributed by atoms with Crippen molar-refractivity contribution < 1.29 is 0 Å². The van der Waals surface area contributed by atoms with Crippen LogP contribution in [0.25, 0.3) is 0 Å². The third kappa shape index (κ3) is 2.31. The van der Waals surface area contributed by atoms with E-state index in [0.717, 1.165) is 4.51 Å². The number of hydrogen-bond donors (Lipinski definition) is 1. The molecule has 2 rings (SSSR count). The summed E-state index contributed by atoms with van der Waals surface area (Å²) in [7, 11) is 0. The summed E-state index contributed by atoms with van der Waals surface area (Å²) >= 11 is 5.01. The molecule has 0 unspecified atom stereocenters. The van der Waals surface area contributed by atoms with Crippen molar-refractivity contribution in [2.24, 2.45) is 0 Å². The summed E-state index contributed by atoms with van der Waals surface area (Å²) < 4.78 is 2.90. The van der Waals surface area contributed by atoms with Gasteiger partial charge in [-0.15, -0.1) is 0 Å². The molecule has 0 saturated heterocycles. The lowest BCUT2D eigenvalue weighted by Crippen LogP contribution is -2.24. The molecule has 1 saturated carbocycles. The fourth-order valence-electron chi connectivity index (χ4n) is 1.76. The van der Waals surface area contributed by atoms with Gasteiger partial charge in [0.25, 0.3) is 0 Å². The summed E-state index contributed by atoms with van der Waals surface area (Å²) in [6.07, 6.45) is 9.28. The minimum Gasteiger partial charge on any atom is -0.323 e. The minimum atomic E-state index is 0.654. The third-order valence-corrected chi connectivity index (χ3v) is 2.76. The van der Waals surface area contributed by atoms with Gasteiger partial charge in [0.05, 0.1) is 0 Å². The first kappa shape index (κ1) is 8.75. The molecule has 2 nitrogen and oxygen atoms in total. The van der Waals surface area contributed by atoms with Crippen LogP contribution in [0.4, 0.5) is 0 Å². The minimum absolute atomic E-state index is 0.654. The molecule has 0 aromatic carbocycles. The Kier molecular flexibility index (Phi) is 2.64. The normalized spacial score (nSPS) is 17.5. The Morgan fingerprint density at radius 3 is 2.46 bits per heavy atom. The van der Waals surface area contributed by atoms with E-state index in [1.54, 1.807) is 0 Å². The predicted molar refractivity (Wildman–Crippen MR) is 56.9 cm³/mol. The Bertz CT molecular complexity index is 305. The molecule has 0 spiro atoms. The van der Waals surface area contributed by atoms with Crippen molar-refractivity contribution in [2.75, 3.05) is 5.43 Å². The Balaban J connectivity index is 2.00. The highest BCUT2D eigenvalue weighted by Crippen LogP contribution is 2.18. The van der Waals surface area contributed by atoms with Crippen LogP contribution in [0.2, 0.25) is 0 Å². The second kappa shape index (κ2) is 3.92. The van der Waals surface area contributed by atoms with Gasteiger partial charge >= 0.3 is 0 Å². The summed E-state index contributed by atoms with van der Waals surface area (Å²) in [6.45, 7) is 0. The first-order chi connectivity index (χ1) is 6.34. The van der Waals surface area contributed by atoms with Crippen molar-refractivity contribution in [2.45, 2.75) is 31.7 Å². The highest BCUT2D eigenvalue weighted by molar-refractivity contribution is 7.71. The van der Waals surface area contributed by atoms with Crippen LogP contribution in [-0.2, 0) is 0 Å². The van der Waals surface area contributed by atoms with Crippen molar-refractivity contribution in [3.63, 3.8) is 0 Å². The topological polar surface area (TPSA) is 17.0 Å². The first-order valence-electron chi connectivity index (χ1n) is 4.79. The summed E-state index contributed by atoms with van der Waals surface area (Å²) in [4.78, 5) is 0. The molecule has 1 aromatic heterocycles. The molecule has 0 amide bonds. The Morgan fingerprint density at radius 2 is 1.85 bits per heavy atom. The van der Waals surface area contributed by atoms with Gasteiger partial charge in [-0.1, -0.05) is 25.1 Å². The van der Waals surface area contributed by atoms with E-state index >= 15 is 0 Å². The Labute approximate surface area is 83.6 Å². The monoisotopic (exact) mass is 194 g/mol. The van der Waals surface area contributed by atoms with Crippen LogP contribution < -0.4 is 5.43 Å². The van der Waals surface area contributed by atoms with Crippen LogP contribution in [0.5, 0.6) is 0 Å². The molecule has 0 radical (unpaired) electrons. The van der Waals surface area contributed by atoms with Crippen LogP contribution in [-0.4, -0.2) is 10.7 Å². The van der Waals surface area contributed by atoms with Crippen LogP contribution >= 0.6 is 12.2 Å². The molecule has 0 atom stereocenters. The van der Waals surface area contributed by atoms with E-state index < -0.39 is 0 Å². The fraction of sp³-hybridized carbons (Fsp3) is 0.500. The molecule has 1 N–H and O–H groups in total. The summed E-state index contributed by atoms with van der Waals surface area (Å²) in [5.74, 6) is 0. The van der Waals surface area contributed by atoms with Crippen LogP contribution in [0.3, 0.4) is 0 Å². The lowest BCUT2D eigenvalue weighted by molar-refractivity contribution is 0.653. The van der Waals surface area contributed by atoms with Gasteiger partial charge in [0, 0.05) is 22.9 Å². The van der Waals surface area contributed by atoms with Crippen molar-refractivity contribution in [1.29, 1.82) is 0 Å². The van der Waals surface area contributed by atoms with Gasteiger partial charge in [-0.05, 0) is 25.0 Å². The van der Waals surface area contributed by atoms with Crippen LogP contribution in [0.1, 0.15) is 25.7 Å². The summed E-state index contributed by atoms with van der Waals surface area (Å²) in [6, 6.07) is 4.54. The number of hydrogen-bond acceptors (Lipinski definition) is 2. The zero-order valence-electron chi connectivity index (χ0n) is 7.57. The summed E-state index contributed by atoms with van der Waals surface area (Å²) in [5.41, 5.74) is 3.44. The maximum atomic E-state index is 5.01. The van der Waals surface area contributed by atoms with Crippen LogP contribution in [0.15, 0.2) is 24.5 Å². The van der Waals surface area contributed by atoms with Crippen molar-refractivity contribution in [3.05, 3.63) is 29.0 Å². The Morgan fingerprint density at radius 1 is 1.23 bits per heavy atom. The average Bonchev–Trinajstić information content (AvgIpc) is 2.62. The van der Waals surface area contributed by atoms with Gasteiger partial charge in [-0.25, -0.2) is 0 Å². The van der Waals surface area contributed by atoms with Crippen molar-refractivity contribution in [3.8, 4) is 0 Å². The van der Waals surface area contributed by atoms with E-state index in [4.69, 9.17) is 12.2 Å². The molecule has 3 heteroatoms. The zero-order valence-corrected chi connectivity index (χ0v) is 8.39. The van der Waals surface area contributed by atoms with Crippen LogP contribution in [0, 0.1) is 4.51 Å². The van der Waals surface area contributed by atoms with E-state index in [2.05, 4.69) is 5.43 Å². The molecule has 0 bridgehead atoms. The number of rotatable bonds is 2. The third-order valence-electron chi connectivity index (χ3n) is 2.49. The average molecular weight is 194 g/mol. The lowest BCUT2D eigenvalue weighted by Gasteiger charge is -2.15. The number of pyridine rings is 1. The van der Waals surface area contributed by atoms with Gasteiger partial charge in [0.2, 0.25) is 0 Å². The molecule has 70 valence electrons. The maximum absolute atomic E-state index is 5.01. The molecule has 1 aliphatic rings. The van der Waals surface area contributed by atoms with Gasteiger partial charge in [0.1, 0.15) is 0 Å². The molecule has 1 aromatic rings. The van der Waals surface area contributed by atoms with Gasteiger partial charge < -0.3 is 5.43 Å². The number of nitrogens with zero attached hydrogens (tertiary/aromatic N) is 1. The summed E-state index contributed by atoms with van der Waals surface area (Å²) in [5, 5.41) is 0. The SMILES string of the molecule is S=c1ccn(NC2CCCC2)cc1. The molecular weight excluding hydrogens is 180 g/mol. The lowest BCUT2D eigenvalue weighted by atomic mass is 10.3. The Hall–Kier alpha value is -0.830.